The summed E-state index contributed by atoms with van der Waals surface area (Å²) in [4.78, 5) is 0.279. The second kappa shape index (κ2) is 4.97. The van der Waals surface area contributed by atoms with E-state index < -0.39 is 10.0 Å². The SMILES string of the molecule is N[C@@H]1CCN(S(=O)(=O)c2cc(Br)ccc2Br)C1. The van der Waals surface area contributed by atoms with E-state index in [1.165, 1.54) is 4.31 Å². The molecule has 0 radical (unpaired) electrons. The molecule has 2 rings (SSSR count). The van der Waals surface area contributed by atoms with Crippen molar-refractivity contribution in [3.63, 3.8) is 0 Å². The number of nitrogens with zero attached hydrogens (tertiary/aromatic N) is 1. The molecule has 2 N–H and O–H groups in total. The zero-order valence-corrected chi connectivity index (χ0v) is 12.9. The smallest absolute Gasteiger partial charge is 0.244 e. The molecule has 1 aliphatic rings. The fraction of sp³-hybridized carbons (Fsp3) is 0.400. The van der Waals surface area contributed by atoms with Gasteiger partial charge in [-0.2, -0.15) is 4.31 Å². The third-order valence-corrected chi connectivity index (χ3v) is 6.05. The number of hydrogen-bond acceptors (Lipinski definition) is 3. The van der Waals surface area contributed by atoms with Crippen LogP contribution in [0, 0.1) is 0 Å². The third kappa shape index (κ3) is 2.73. The van der Waals surface area contributed by atoms with Crippen LogP contribution < -0.4 is 5.73 Å². The molecule has 1 heterocycles. The van der Waals surface area contributed by atoms with Crippen LogP contribution >= 0.6 is 31.9 Å². The Morgan fingerprint density at radius 1 is 1.35 bits per heavy atom. The van der Waals surface area contributed by atoms with E-state index in [-0.39, 0.29) is 10.9 Å². The van der Waals surface area contributed by atoms with Gasteiger partial charge in [0.05, 0.1) is 4.90 Å². The summed E-state index contributed by atoms with van der Waals surface area (Å²) < 4.78 is 27.5. The van der Waals surface area contributed by atoms with Crippen molar-refractivity contribution >= 4 is 41.9 Å². The first-order valence-corrected chi connectivity index (χ1v) is 8.14. The summed E-state index contributed by atoms with van der Waals surface area (Å²) in [5.41, 5.74) is 5.74. The molecule has 0 spiro atoms. The van der Waals surface area contributed by atoms with Crippen LogP contribution in [0.15, 0.2) is 32.0 Å². The highest BCUT2D eigenvalue weighted by Crippen LogP contribution is 2.29. The summed E-state index contributed by atoms with van der Waals surface area (Å²) in [6.45, 7) is 0.879. The van der Waals surface area contributed by atoms with E-state index in [1.54, 1.807) is 18.2 Å². The van der Waals surface area contributed by atoms with E-state index in [2.05, 4.69) is 31.9 Å². The van der Waals surface area contributed by atoms with Gasteiger partial charge in [0.1, 0.15) is 0 Å². The normalized spacial score (nSPS) is 21.9. The highest BCUT2D eigenvalue weighted by molar-refractivity contribution is 9.11. The number of rotatable bonds is 2. The molecular formula is C10H12Br2N2O2S. The van der Waals surface area contributed by atoms with E-state index in [4.69, 9.17) is 5.73 Å². The van der Waals surface area contributed by atoms with Crippen LogP contribution in [0.25, 0.3) is 0 Å². The summed E-state index contributed by atoms with van der Waals surface area (Å²) in [6.07, 6.45) is 0.713. The Morgan fingerprint density at radius 2 is 2.06 bits per heavy atom. The predicted octanol–water partition coefficient (Wildman–Crippen LogP) is 1.93. The number of sulfonamides is 1. The highest BCUT2D eigenvalue weighted by Gasteiger charge is 2.32. The molecule has 0 bridgehead atoms. The number of hydrogen-bond donors (Lipinski definition) is 1. The van der Waals surface area contributed by atoms with E-state index in [1.807, 2.05) is 0 Å². The minimum atomic E-state index is -3.45. The Bertz CT molecular complexity index is 533. The van der Waals surface area contributed by atoms with Crippen molar-refractivity contribution < 1.29 is 8.42 Å². The van der Waals surface area contributed by atoms with Crippen LogP contribution in [0.5, 0.6) is 0 Å². The van der Waals surface area contributed by atoms with Crippen LogP contribution in [0.3, 0.4) is 0 Å². The van der Waals surface area contributed by atoms with Crippen molar-refractivity contribution in [2.45, 2.75) is 17.4 Å². The lowest BCUT2D eigenvalue weighted by molar-refractivity contribution is 0.472. The van der Waals surface area contributed by atoms with Crippen molar-refractivity contribution in [1.29, 1.82) is 0 Å². The number of halogens is 2. The predicted molar refractivity (Wildman–Crippen MR) is 73.2 cm³/mol. The lowest BCUT2D eigenvalue weighted by Gasteiger charge is -2.17. The zero-order valence-electron chi connectivity index (χ0n) is 8.94. The summed E-state index contributed by atoms with van der Waals surface area (Å²) in [7, 11) is -3.45. The average molecular weight is 384 g/mol. The van der Waals surface area contributed by atoms with Gasteiger partial charge in [0.2, 0.25) is 10.0 Å². The molecule has 1 atom stereocenters. The van der Waals surface area contributed by atoms with Gasteiger partial charge in [-0.05, 0) is 40.5 Å². The zero-order chi connectivity index (χ0) is 12.6. The minimum absolute atomic E-state index is 0.0595. The first kappa shape index (κ1) is 13.5. The molecule has 0 aliphatic carbocycles. The van der Waals surface area contributed by atoms with Crippen LogP contribution in [0.4, 0.5) is 0 Å². The minimum Gasteiger partial charge on any atom is -0.326 e. The molecule has 4 nitrogen and oxygen atoms in total. The fourth-order valence-corrected chi connectivity index (χ4v) is 4.76. The van der Waals surface area contributed by atoms with Crippen molar-refractivity contribution in [2.75, 3.05) is 13.1 Å². The van der Waals surface area contributed by atoms with Gasteiger partial charge in [0.15, 0.2) is 0 Å². The number of nitrogens with two attached hydrogens (primary N) is 1. The van der Waals surface area contributed by atoms with Crippen LogP contribution in [0.2, 0.25) is 0 Å². The van der Waals surface area contributed by atoms with Crippen molar-refractivity contribution in [2.24, 2.45) is 5.73 Å². The Balaban J connectivity index is 2.41. The molecule has 17 heavy (non-hydrogen) atoms. The maximum Gasteiger partial charge on any atom is 0.244 e. The van der Waals surface area contributed by atoms with Gasteiger partial charge in [0.25, 0.3) is 0 Å². The standard InChI is InChI=1S/C10H12Br2N2O2S/c11-7-1-2-9(12)10(5-7)17(15,16)14-4-3-8(13)6-14/h1-2,5,8H,3-4,6,13H2/t8-/m1/s1. The molecule has 1 fully saturated rings. The summed E-state index contributed by atoms with van der Waals surface area (Å²) in [5.74, 6) is 0. The monoisotopic (exact) mass is 382 g/mol. The molecule has 1 aliphatic heterocycles. The van der Waals surface area contributed by atoms with Gasteiger partial charge < -0.3 is 5.73 Å². The van der Waals surface area contributed by atoms with Gasteiger partial charge in [-0.15, -0.1) is 0 Å². The molecular weight excluding hydrogens is 372 g/mol. The van der Waals surface area contributed by atoms with E-state index in [0.717, 1.165) is 4.47 Å². The van der Waals surface area contributed by atoms with Crippen molar-refractivity contribution in [1.82, 2.24) is 4.31 Å². The largest absolute Gasteiger partial charge is 0.326 e. The molecule has 0 saturated carbocycles. The highest BCUT2D eigenvalue weighted by atomic mass is 79.9. The topological polar surface area (TPSA) is 63.4 Å². The quantitative estimate of drug-likeness (QED) is 0.848. The molecule has 94 valence electrons. The van der Waals surface area contributed by atoms with Crippen LogP contribution in [-0.2, 0) is 10.0 Å². The second-order valence-electron chi connectivity index (χ2n) is 3.99. The lowest BCUT2D eigenvalue weighted by atomic mass is 10.3. The maximum atomic E-state index is 12.4. The van der Waals surface area contributed by atoms with E-state index in [9.17, 15) is 8.42 Å². The van der Waals surface area contributed by atoms with Gasteiger partial charge >= 0.3 is 0 Å². The molecule has 1 saturated heterocycles. The van der Waals surface area contributed by atoms with Gasteiger partial charge in [-0.25, -0.2) is 8.42 Å². The van der Waals surface area contributed by atoms with Gasteiger partial charge in [-0.3, -0.25) is 0 Å². The van der Waals surface area contributed by atoms with E-state index >= 15 is 0 Å². The Morgan fingerprint density at radius 3 is 2.65 bits per heavy atom. The Labute approximate surface area is 117 Å². The van der Waals surface area contributed by atoms with Gasteiger partial charge in [-0.1, -0.05) is 15.9 Å². The number of benzene rings is 1. The first-order chi connectivity index (χ1) is 7.91. The average Bonchev–Trinajstić information content (AvgIpc) is 2.69. The Kier molecular flexibility index (Phi) is 3.94. The van der Waals surface area contributed by atoms with Crippen molar-refractivity contribution in [3.05, 3.63) is 27.1 Å². The summed E-state index contributed by atoms with van der Waals surface area (Å²) in [5, 5.41) is 0. The maximum absolute atomic E-state index is 12.4. The molecule has 1 aromatic rings. The Hall–Kier alpha value is 0.0500. The molecule has 0 aromatic heterocycles. The van der Waals surface area contributed by atoms with Gasteiger partial charge in [0, 0.05) is 28.1 Å². The fourth-order valence-electron chi connectivity index (χ4n) is 1.79. The molecule has 0 unspecified atom stereocenters. The molecule has 7 heteroatoms. The summed E-state index contributed by atoms with van der Waals surface area (Å²) in [6, 6.07) is 5.05. The summed E-state index contributed by atoms with van der Waals surface area (Å²) >= 11 is 6.55. The second-order valence-corrected chi connectivity index (χ2v) is 7.66. The molecule has 0 amide bonds. The van der Waals surface area contributed by atoms with Crippen molar-refractivity contribution in [3.8, 4) is 0 Å². The first-order valence-electron chi connectivity index (χ1n) is 5.12. The van der Waals surface area contributed by atoms with E-state index in [0.29, 0.717) is 24.0 Å². The third-order valence-electron chi connectivity index (χ3n) is 2.70. The lowest BCUT2D eigenvalue weighted by Crippen LogP contribution is -2.32. The van der Waals surface area contributed by atoms with Crippen LogP contribution in [0.1, 0.15) is 6.42 Å². The van der Waals surface area contributed by atoms with Crippen LogP contribution in [-0.4, -0.2) is 31.9 Å². The molecule has 1 aromatic carbocycles.